The molecule has 1 aromatic carbocycles. The Kier molecular flexibility index (Phi) is 3.42. The lowest BCUT2D eigenvalue weighted by molar-refractivity contribution is 0.0734. The number of rotatable bonds is 3. The third-order valence-electron chi connectivity index (χ3n) is 2.93. The van der Waals surface area contributed by atoms with Crippen molar-refractivity contribution in [1.82, 2.24) is 19.7 Å². The molecule has 0 spiro atoms. The quantitative estimate of drug-likeness (QED) is 0.542. The summed E-state index contributed by atoms with van der Waals surface area (Å²) in [5.74, 6) is 0.782. The lowest BCUT2D eigenvalue weighted by Gasteiger charge is -2.05. The first-order valence-corrected chi connectivity index (χ1v) is 6.30. The molecule has 0 radical (unpaired) electrons. The number of ether oxygens (including phenoxy) is 1. The van der Waals surface area contributed by atoms with Gasteiger partial charge in [0.25, 0.3) is 0 Å². The minimum absolute atomic E-state index is 0.412. The molecule has 21 heavy (non-hydrogen) atoms. The number of esters is 1. The van der Waals surface area contributed by atoms with E-state index in [-0.39, 0.29) is 0 Å². The van der Waals surface area contributed by atoms with Crippen LogP contribution in [0.3, 0.4) is 0 Å². The van der Waals surface area contributed by atoms with Crippen LogP contribution in [0.5, 0.6) is 5.75 Å². The van der Waals surface area contributed by atoms with Crippen LogP contribution in [0, 0.1) is 0 Å². The van der Waals surface area contributed by atoms with Crippen molar-refractivity contribution in [3.63, 3.8) is 0 Å². The van der Waals surface area contributed by atoms with Crippen LogP contribution >= 0.6 is 0 Å². The van der Waals surface area contributed by atoms with Crippen LogP contribution in [-0.4, -0.2) is 25.7 Å². The standard InChI is InChI=1S/C15H12N4O2/c1-19-14(17-10-18-19)11-4-6-13(7-5-11)21-15(20)12-3-2-8-16-9-12/h2-10H,1H3. The fraction of sp³-hybridized carbons (Fsp3) is 0.0667. The van der Waals surface area contributed by atoms with Gasteiger partial charge in [-0.05, 0) is 36.4 Å². The first-order chi connectivity index (χ1) is 10.2. The van der Waals surface area contributed by atoms with Crippen molar-refractivity contribution in [2.24, 2.45) is 7.05 Å². The lowest BCUT2D eigenvalue weighted by Crippen LogP contribution is -2.08. The topological polar surface area (TPSA) is 69.9 Å². The second kappa shape index (κ2) is 5.54. The zero-order chi connectivity index (χ0) is 14.7. The molecule has 0 aliphatic heterocycles. The van der Waals surface area contributed by atoms with E-state index < -0.39 is 5.97 Å². The summed E-state index contributed by atoms with van der Waals surface area (Å²) in [6.07, 6.45) is 4.56. The molecule has 2 heterocycles. The Bertz CT molecular complexity index is 751. The molecule has 0 atom stereocenters. The van der Waals surface area contributed by atoms with Crippen molar-refractivity contribution in [3.8, 4) is 17.1 Å². The molecule has 0 fully saturated rings. The molecular weight excluding hydrogens is 268 g/mol. The second-order valence-electron chi connectivity index (χ2n) is 4.36. The van der Waals surface area contributed by atoms with Crippen LogP contribution in [0.25, 0.3) is 11.4 Å². The van der Waals surface area contributed by atoms with E-state index in [4.69, 9.17) is 4.74 Å². The van der Waals surface area contributed by atoms with Crippen molar-refractivity contribution < 1.29 is 9.53 Å². The van der Waals surface area contributed by atoms with Crippen LogP contribution < -0.4 is 4.74 Å². The van der Waals surface area contributed by atoms with Crippen molar-refractivity contribution in [2.45, 2.75) is 0 Å². The number of carbonyl (C=O) groups excluding carboxylic acids is 1. The van der Waals surface area contributed by atoms with Gasteiger partial charge in [0.2, 0.25) is 0 Å². The summed E-state index contributed by atoms with van der Waals surface area (Å²) in [4.78, 5) is 19.9. The number of benzene rings is 1. The molecular formula is C15H12N4O2. The van der Waals surface area contributed by atoms with E-state index in [1.807, 2.05) is 19.2 Å². The number of nitrogens with zero attached hydrogens (tertiary/aromatic N) is 4. The normalized spacial score (nSPS) is 10.3. The zero-order valence-corrected chi connectivity index (χ0v) is 11.3. The predicted molar refractivity (Wildman–Crippen MR) is 75.6 cm³/mol. The van der Waals surface area contributed by atoms with Crippen molar-refractivity contribution >= 4 is 5.97 Å². The van der Waals surface area contributed by atoms with E-state index in [9.17, 15) is 4.79 Å². The summed E-state index contributed by atoms with van der Waals surface area (Å²) in [6, 6.07) is 10.4. The highest BCUT2D eigenvalue weighted by atomic mass is 16.5. The van der Waals surface area contributed by atoms with Gasteiger partial charge >= 0.3 is 5.97 Å². The molecule has 2 aromatic heterocycles. The van der Waals surface area contributed by atoms with Crippen LogP contribution in [-0.2, 0) is 7.05 Å². The van der Waals surface area contributed by atoms with E-state index >= 15 is 0 Å². The van der Waals surface area contributed by atoms with Crippen molar-refractivity contribution in [1.29, 1.82) is 0 Å². The van der Waals surface area contributed by atoms with Crippen molar-refractivity contribution in [2.75, 3.05) is 0 Å². The largest absolute Gasteiger partial charge is 0.423 e. The maximum Gasteiger partial charge on any atom is 0.345 e. The Hall–Kier alpha value is -3.02. The predicted octanol–water partition coefficient (Wildman–Crippen LogP) is 2.10. The van der Waals surface area contributed by atoms with Gasteiger partial charge < -0.3 is 4.74 Å². The molecule has 0 unspecified atom stereocenters. The van der Waals surface area contributed by atoms with Crippen molar-refractivity contribution in [3.05, 3.63) is 60.7 Å². The molecule has 3 rings (SSSR count). The SMILES string of the molecule is Cn1ncnc1-c1ccc(OC(=O)c2cccnc2)cc1. The summed E-state index contributed by atoms with van der Waals surface area (Å²) >= 11 is 0. The Morgan fingerprint density at radius 3 is 2.62 bits per heavy atom. The van der Waals surface area contributed by atoms with Gasteiger partial charge in [-0.3, -0.25) is 4.98 Å². The molecule has 0 N–H and O–H groups in total. The summed E-state index contributed by atoms with van der Waals surface area (Å²) < 4.78 is 6.96. The fourth-order valence-corrected chi connectivity index (χ4v) is 1.88. The number of hydrogen-bond donors (Lipinski definition) is 0. The zero-order valence-electron chi connectivity index (χ0n) is 11.3. The highest BCUT2D eigenvalue weighted by Gasteiger charge is 2.09. The van der Waals surface area contributed by atoms with Crippen LogP contribution in [0.15, 0.2) is 55.1 Å². The molecule has 3 aromatic rings. The fourth-order valence-electron chi connectivity index (χ4n) is 1.88. The molecule has 0 saturated heterocycles. The Labute approximate surface area is 121 Å². The third kappa shape index (κ3) is 2.79. The average Bonchev–Trinajstić information content (AvgIpc) is 2.95. The maximum absolute atomic E-state index is 11.9. The number of aryl methyl sites for hydroxylation is 1. The second-order valence-corrected chi connectivity index (χ2v) is 4.36. The molecule has 0 aliphatic rings. The van der Waals surface area contributed by atoms with Gasteiger partial charge in [-0.25, -0.2) is 14.5 Å². The van der Waals surface area contributed by atoms with Gasteiger partial charge in [0, 0.05) is 25.0 Å². The van der Waals surface area contributed by atoms with Crippen LogP contribution in [0.4, 0.5) is 0 Å². The van der Waals surface area contributed by atoms with E-state index in [0.717, 1.165) is 11.4 Å². The summed E-state index contributed by atoms with van der Waals surface area (Å²) in [5.41, 5.74) is 1.31. The minimum atomic E-state index is -0.436. The molecule has 0 saturated carbocycles. The summed E-state index contributed by atoms with van der Waals surface area (Å²) in [6.45, 7) is 0. The highest BCUT2D eigenvalue weighted by molar-refractivity contribution is 5.90. The van der Waals surface area contributed by atoms with Gasteiger partial charge in [0.05, 0.1) is 5.56 Å². The molecule has 0 aliphatic carbocycles. The number of aromatic nitrogens is 4. The highest BCUT2D eigenvalue weighted by Crippen LogP contribution is 2.20. The van der Waals surface area contributed by atoms with Gasteiger partial charge in [-0.15, -0.1) is 0 Å². The van der Waals surface area contributed by atoms with Gasteiger partial charge in [-0.2, -0.15) is 5.10 Å². The number of pyridine rings is 1. The minimum Gasteiger partial charge on any atom is -0.423 e. The Balaban J connectivity index is 1.76. The smallest absolute Gasteiger partial charge is 0.345 e. The first kappa shape index (κ1) is 13.0. The summed E-state index contributed by atoms with van der Waals surface area (Å²) in [5, 5.41) is 4.02. The third-order valence-corrected chi connectivity index (χ3v) is 2.93. The molecule has 0 amide bonds. The summed E-state index contributed by atoms with van der Waals surface area (Å²) in [7, 11) is 1.82. The molecule has 6 heteroatoms. The molecule has 104 valence electrons. The van der Waals surface area contributed by atoms with Gasteiger partial charge in [-0.1, -0.05) is 0 Å². The Morgan fingerprint density at radius 2 is 2.00 bits per heavy atom. The van der Waals surface area contributed by atoms with E-state index in [1.54, 1.807) is 35.1 Å². The monoisotopic (exact) mass is 280 g/mol. The molecule has 6 nitrogen and oxygen atoms in total. The lowest BCUT2D eigenvalue weighted by atomic mass is 10.2. The van der Waals surface area contributed by atoms with E-state index in [1.165, 1.54) is 12.5 Å². The van der Waals surface area contributed by atoms with Crippen LogP contribution in [0.2, 0.25) is 0 Å². The first-order valence-electron chi connectivity index (χ1n) is 6.30. The number of hydrogen-bond acceptors (Lipinski definition) is 5. The van der Waals surface area contributed by atoms with Gasteiger partial charge in [0.15, 0.2) is 5.82 Å². The Morgan fingerprint density at radius 1 is 1.19 bits per heavy atom. The van der Waals surface area contributed by atoms with E-state index in [0.29, 0.717) is 11.3 Å². The number of carbonyl (C=O) groups is 1. The maximum atomic E-state index is 11.9. The molecule has 0 bridgehead atoms. The van der Waals surface area contributed by atoms with Gasteiger partial charge in [0.1, 0.15) is 12.1 Å². The van der Waals surface area contributed by atoms with Crippen LogP contribution in [0.1, 0.15) is 10.4 Å². The van der Waals surface area contributed by atoms with E-state index in [2.05, 4.69) is 15.1 Å². The average molecular weight is 280 g/mol.